The number of nitrogens with one attached hydrogen (secondary N) is 1. The van der Waals surface area contributed by atoms with E-state index in [1.165, 1.54) is 11.3 Å². The monoisotopic (exact) mass is 302 g/mol. The molecule has 1 aromatic heterocycles. The summed E-state index contributed by atoms with van der Waals surface area (Å²) in [5.41, 5.74) is 8.05. The normalized spacial score (nSPS) is 9.56. The summed E-state index contributed by atoms with van der Waals surface area (Å²) in [5.74, 6) is -0.0560. The minimum absolute atomic E-state index is 0.0560. The van der Waals surface area contributed by atoms with Crippen molar-refractivity contribution in [1.29, 1.82) is 0 Å². The van der Waals surface area contributed by atoms with E-state index < -0.39 is 0 Å². The Morgan fingerprint density at radius 3 is 3.00 bits per heavy atom. The number of carbonyl (C=O) groups is 1. The third-order valence-corrected chi connectivity index (χ3v) is 3.45. The van der Waals surface area contributed by atoms with Gasteiger partial charge in [-0.25, -0.2) is 0 Å². The van der Waals surface area contributed by atoms with Crippen LogP contribution in [0.2, 0.25) is 0 Å². The molecule has 1 amide bonds. The maximum atomic E-state index is 11.5. The molecule has 86 valence electrons. The van der Waals surface area contributed by atoms with Crippen molar-refractivity contribution in [3.63, 3.8) is 0 Å². The van der Waals surface area contributed by atoms with Crippen molar-refractivity contribution in [2.24, 2.45) is 5.11 Å². The molecular formula is C9H11BrN4OS. The van der Waals surface area contributed by atoms with Gasteiger partial charge in [0.25, 0.3) is 5.91 Å². The van der Waals surface area contributed by atoms with Gasteiger partial charge in [0, 0.05) is 18.0 Å². The Kier molecular flexibility index (Phi) is 5.92. The molecular weight excluding hydrogens is 292 g/mol. The van der Waals surface area contributed by atoms with Crippen molar-refractivity contribution >= 4 is 33.2 Å². The maximum absolute atomic E-state index is 11.5. The van der Waals surface area contributed by atoms with Gasteiger partial charge in [0.05, 0.1) is 8.66 Å². The first-order valence-electron chi connectivity index (χ1n) is 4.78. The standard InChI is InChI=1S/C9H11BrN4OS/c10-8-4-3-7(16-8)9(15)12-5-1-2-6-13-14-11/h3-4H,1-2,5-6H2,(H,12,15). The number of unbranched alkanes of at least 4 members (excludes halogenated alkanes) is 1. The second-order valence-electron chi connectivity index (χ2n) is 3.02. The van der Waals surface area contributed by atoms with Crippen molar-refractivity contribution in [2.75, 3.05) is 13.1 Å². The zero-order valence-corrected chi connectivity index (χ0v) is 10.9. The van der Waals surface area contributed by atoms with Gasteiger partial charge in [-0.3, -0.25) is 4.79 Å². The first-order chi connectivity index (χ1) is 7.74. The second-order valence-corrected chi connectivity index (χ2v) is 5.48. The molecule has 1 N–H and O–H groups in total. The van der Waals surface area contributed by atoms with Gasteiger partial charge in [0.2, 0.25) is 0 Å². The molecule has 0 spiro atoms. The van der Waals surface area contributed by atoms with E-state index in [0.717, 1.165) is 16.6 Å². The highest BCUT2D eigenvalue weighted by Gasteiger charge is 2.06. The van der Waals surface area contributed by atoms with Gasteiger partial charge in [0.1, 0.15) is 0 Å². The van der Waals surface area contributed by atoms with Crippen LogP contribution in [0.5, 0.6) is 0 Å². The second kappa shape index (κ2) is 7.27. The van der Waals surface area contributed by atoms with Crippen molar-refractivity contribution in [1.82, 2.24) is 5.32 Å². The summed E-state index contributed by atoms with van der Waals surface area (Å²) in [7, 11) is 0. The number of hydrogen-bond acceptors (Lipinski definition) is 3. The number of hydrogen-bond donors (Lipinski definition) is 1. The van der Waals surface area contributed by atoms with Crippen LogP contribution in [-0.4, -0.2) is 19.0 Å². The van der Waals surface area contributed by atoms with Crippen LogP contribution in [0.15, 0.2) is 21.0 Å². The van der Waals surface area contributed by atoms with E-state index in [0.29, 0.717) is 18.0 Å². The van der Waals surface area contributed by atoms with Crippen molar-refractivity contribution in [2.45, 2.75) is 12.8 Å². The van der Waals surface area contributed by atoms with E-state index >= 15 is 0 Å². The average molecular weight is 303 g/mol. The first kappa shape index (κ1) is 13.0. The Balaban J connectivity index is 2.18. The molecule has 5 nitrogen and oxygen atoms in total. The summed E-state index contributed by atoms with van der Waals surface area (Å²) in [6, 6.07) is 3.63. The fourth-order valence-corrected chi connectivity index (χ4v) is 2.38. The quantitative estimate of drug-likeness (QED) is 0.372. The molecule has 0 atom stereocenters. The van der Waals surface area contributed by atoms with Gasteiger partial charge in [-0.1, -0.05) is 5.11 Å². The average Bonchev–Trinajstić information content (AvgIpc) is 2.70. The molecule has 7 heteroatoms. The Morgan fingerprint density at radius 1 is 1.56 bits per heavy atom. The molecule has 1 rings (SSSR count). The molecule has 0 bridgehead atoms. The SMILES string of the molecule is [N-]=[N+]=NCCCCNC(=O)c1ccc(Br)s1. The lowest BCUT2D eigenvalue weighted by Gasteiger charge is -2.01. The summed E-state index contributed by atoms with van der Waals surface area (Å²) in [5, 5.41) is 6.22. The highest BCUT2D eigenvalue weighted by molar-refractivity contribution is 9.11. The van der Waals surface area contributed by atoms with Gasteiger partial charge in [0.15, 0.2) is 0 Å². The zero-order valence-electron chi connectivity index (χ0n) is 8.52. The van der Waals surface area contributed by atoms with Gasteiger partial charge in [-0.05, 0) is 46.4 Å². The fraction of sp³-hybridized carbons (Fsp3) is 0.444. The van der Waals surface area contributed by atoms with Crippen LogP contribution in [0.1, 0.15) is 22.5 Å². The maximum Gasteiger partial charge on any atom is 0.261 e. The van der Waals surface area contributed by atoms with Crippen LogP contribution in [0.25, 0.3) is 10.4 Å². The molecule has 1 aromatic rings. The van der Waals surface area contributed by atoms with E-state index in [2.05, 4.69) is 31.3 Å². The van der Waals surface area contributed by atoms with Crippen LogP contribution in [0, 0.1) is 0 Å². The Labute approximate surface area is 106 Å². The molecule has 0 radical (unpaired) electrons. The van der Waals surface area contributed by atoms with Crippen LogP contribution in [-0.2, 0) is 0 Å². The summed E-state index contributed by atoms with van der Waals surface area (Å²) in [4.78, 5) is 14.9. The highest BCUT2D eigenvalue weighted by atomic mass is 79.9. The molecule has 0 aliphatic heterocycles. The molecule has 0 saturated carbocycles. The van der Waals surface area contributed by atoms with Crippen molar-refractivity contribution in [3.05, 3.63) is 31.2 Å². The van der Waals surface area contributed by atoms with Gasteiger partial charge < -0.3 is 5.32 Å². The third kappa shape index (κ3) is 4.65. The fourth-order valence-electron chi connectivity index (χ4n) is 1.08. The Bertz CT molecular complexity index is 400. The van der Waals surface area contributed by atoms with Crippen LogP contribution in [0.3, 0.4) is 0 Å². The summed E-state index contributed by atoms with van der Waals surface area (Å²) >= 11 is 4.71. The largest absolute Gasteiger partial charge is 0.351 e. The predicted octanol–water partition coefficient (Wildman–Crippen LogP) is 3.33. The Morgan fingerprint density at radius 2 is 2.38 bits per heavy atom. The molecule has 0 unspecified atom stereocenters. The number of halogens is 1. The molecule has 1 heterocycles. The summed E-state index contributed by atoms with van der Waals surface area (Å²) in [6.45, 7) is 1.09. The van der Waals surface area contributed by atoms with Crippen molar-refractivity contribution < 1.29 is 4.79 Å². The lowest BCUT2D eigenvalue weighted by molar-refractivity contribution is 0.0957. The number of thiophene rings is 1. The first-order valence-corrected chi connectivity index (χ1v) is 6.39. The Hall–Kier alpha value is -1.04. The zero-order chi connectivity index (χ0) is 11.8. The van der Waals surface area contributed by atoms with E-state index in [1.54, 1.807) is 6.07 Å². The summed E-state index contributed by atoms with van der Waals surface area (Å²) < 4.78 is 0.945. The highest BCUT2D eigenvalue weighted by Crippen LogP contribution is 2.21. The summed E-state index contributed by atoms with van der Waals surface area (Å²) in [6.07, 6.45) is 1.61. The van der Waals surface area contributed by atoms with E-state index in [4.69, 9.17) is 5.53 Å². The molecule has 0 aliphatic carbocycles. The number of amides is 1. The minimum atomic E-state index is -0.0560. The number of rotatable bonds is 6. The lowest BCUT2D eigenvalue weighted by atomic mass is 10.3. The molecule has 16 heavy (non-hydrogen) atoms. The van der Waals surface area contributed by atoms with Gasteiger partial charge in [-0.2, -0.15) is 0 Å². The van der Waals surface area contributed by atoms with Crippen LogP contribution < -0.4 is 5.32 Å². The molecule has 0 aromatic carbocycles. The topological polar surface area (TPSA) is 77.9 Å². The molecule has 0 aliphatic rings. The van der Waals surface area contributed by atoms with E-state index in [9.17, 15) is 4.79 Å². The van der Waals surface area contributed by atoms with Crippen LogP contribution in [0.4, 0.5) is 0 Å². The smallest absolute Gasteiger partial charge is 0.261 e. The molecule has 0 saturated heterocycles. The van der Waals surface area contributed by atoms with Gasteiger partial charge >= 0.3 is 0 Å². The predicted molar refractivity (Wildman–Crippen MR) is 67.6 cm³/mol. The number of azide groups is 1. The lowest BCUT2D eigenvalue weighted by Crippen LogP contribution is -2.23. The van der Waals surface area contributed by atoms with E-state index in [-0.39, 0.29) is 5.91 Å². The third-order valence-electron chi connectivity index (χ3n) is 1.83. The number of carbonyl (C=O) groups excluding carboxylic acids is 1. The van der Waals surface area contributed by atoms with Crippen LogP contribution >= 0.6 is 27.3 Å². The minimum Gasteiger partial charge on any atom is -0.351 e. The van der Waals surface area contributed by atoms with E-state index in [1.807, 2.05) is 6.07 Å². The molecule has 0 fully saturated rings. The van der Waals surface area contributed by atoms with Crippen molar-refractivity contribution in [3.8, 4) is 0 Å². The number of nitrogens with zero attached hydrogens (tertiary/aromatic N) is 3. The van der Waals surface area contributed by atoms with Gasteiger partial charge in [-0.15, -0.1) is 11.3 Å².